The van der Waals surface area contributed by atoms with E-state index < -0.39 is 11.5 Å². The lowest BCUT2D eigenvalue weighted by molar-refractivity contribution is -0.144. The Morgan fingerprint density at radius 2 is 2.12 bits per heavy atom. The number of carboxylic acids is 1. The summed E-state index contributed by atoms with van der Waals surface area (Å²) in [5.41, 5.74) is 5.89. The zero-order valence-corrected chi connectivity index (χ0v) is 12.0. The van der Waals surface area contributed by atoms with Crippen molar-refractivity contribution in [2.75, 3.05) is 0 Å². The van der Waals surface area contributed by atoms with Crippen LogP contribution in [0.15, 0.2) is 15.0 Å². The molecule has 4 nitrogen and oxygen atoms in total. The zero-order valence-electron chi connectivity index (χ0n) is 8.83. The first kappa shape index (κ1) is 12.9. The number of carboxylic acid groups (broad SMARTS) is 1. The first-order chi connectivity index (χ1) is 7.88. The number of hydrogen-bond donors (Lipinski definition) is 3. The summed E-state index contributed by atoms with van der Waals surface area (Å²) in [5, 5.41) is 19.1. The summed E-state index contributed by atoms with van der Waals surface area (Å²) in [6.45, 7) is 0. The van der Waals surface area contributed by atoms with Crippen LogP contribution in [0, 0.1) is 0 Å². The highest BCUT2D eigenvalue weighted by Gasteiger charge is 2.42. The van der Waals surface area contributed by atoms with Crippen LogP contribution in [0.5, 0.6) is 5.75 Å². The SMILES string of the molecule is NC1(C(=O)O)CCCc2cc(Br)c(O)c(Br)c21. The van der Waals surface area contributed by atoms with Gasteiger partial charge in [-0.1, -0.05) is 0 Å². The number of aromatic hydroxyl groups is 1. The van der Waals surface area contributed by atoms with Crippen LogP contribution in [-0.4, -0.2) is 16.2 Å². The number of halogens is 2. The molecule has 17 heavy (non-hydrogen) atoms. The van der Waals surface area contributed by atoms with Gasteiger partial charge in [0.05, 0.1) is 8.95 Å². The molecule has 2 rings (SSSR count). The summed E-state index contributed by atoms with van der Waals surface area (Å²) in [5.74, 6) is -1.08. The highest BCUT2D eigenvalue weighted by molar-refractivity contribution is 9.11. The third-order valence-corrected chi connectivity index (χ3v) is 4.50. The van der Waals surface area contributed by atoms with E-state index in [1.807, 2.05) is 0 Å². The highest BCUT2D eigenvalue weighted by Crippen LogP contribution is 2.45. The number of fused-ring (bicyclic) bond motifs is 1. The molecular formula is C11H11Br2NO3. The molecule has 0 amide bonds. The van der Waals surface area contributed by atoms with Gasteiger partial charge in [-0.05, 0) is 62.8 Å². The molecule has 1 unspecified atom stereocenters. The van der Waals surface area contributed by atoms with Crippen molar-refractivity contribution < 1.29 is 15.0 Å². The molecule has 92 valence electrons. The van der Waals surface area contributed by atoms with E-state index >= 15 is 0 Å². The third-order valence-electron chi connectivity index (χ3n) is 3.12. The Kier molecular flexibility index (Phi) is 3.22. The topological polar surface area (TPSA) is 83.6 Å². The molecule has 0 heterocycles. The second-order valence-electron chi connectivity index (χ2n) is 4.19. The number of rotatable bonds is 1. The molecule has 0 bridgehead atoms. The van der Waals surface area contributed by atoms with Gasteiger partial charge in [0.25, 0.3) is 0 Å². The van der Waals surface area contributed by atoms with Crippen molar-refractivity contribution in [3.8, 4) is 5.75 Å². The largest absolute Gasteiger partial charge is 0.506 e. The van der Waals surface area contributed by atoms with Crippen molar-refractivity contribution in [1.29, 1.82) is 0 Å². The lowest BCUT2D eigenvalue weighted by atomic mass is 9.77. The van der Waals surface area contributed by atoms with E-state index in [1.165, 1.54) is 0 Å². The van der Waals surface area contributed by atoms with E-state index in [9.17, 15) is 15.0 Å². The second kappa shape index (κ2) is 4.26. The Morgan fingerprint density at radius 3 is 2.71 bits per heavy atom. The zero-order chi connectivity index (χ0) is 12.8. The molecule has 1 aliphatic carbocycles. The number of carbonyl (C=O) groups is 1. The fraction of sp³-hybridized carbons (Fsp3) is 0.364. The summed E-state index contributed by atoms with van der Waals surface area (Å²) in [7, 11) is 0. The monoisotopic (exact) mass is 363 g/mol. The van der Waals surface area contributed by atoms with Crippen molar-refractivity contribution in [2.24, 2.45) is 5.73 Å². The standard InChI is InChI=1S/C11H11Br2NO3/c12-6-4-5-2-1-3-11(14,10(16)17)7(5)8(13)9(6)15/h4,15H,1-3,14H2,(H,16,17). The minimum Gasteiger partial charge on any atom is -0.506 e. The molecule has 0 aliphatic heterocycles. The number of aryl methyl sites for hydroxylation is 1. The Hall–Kier alpha value is -0.590. The molecule has 1 aromatic carbocycles. The van der Waals surface area contributed by atoms with Crippen molar-refractivity contribution in [3.05, 3.63) is 26.1 Å². The molecule has 4 N–H and O–H groups in total. The first-order valence-electron chi connectivity index (χ1n) is 5.10. The maximum atomic E-state index is 11.3. The van der Waals surface area contributed by atoms with Crippen molar-refractivity contribution in [2.45, 2.75) is 24.8 Å². The van der Waals surface area contributed by atoms with Crippen LogP contribution in [0.25, 0.3) is 0 Å². The van der Waals surface area contributed by atoms with Gasteiger partial charge in [0, 0.05) is 5.56 Å². The lowest BCUT2D eigenvalue weighted by Gasteiger charge is -2.33. The van der Waals surface area contributed by atoms with Gasteiger partial charge in [0.1, 0.15) is 11.3 Å². The minimum absolute atomic E-state index is 0.0123. The minimum atomic E-state index is -1.43. The molecule has 1 aliphatic rings. The maximum Gasteiger partial charge on any atom is 0.328 e. The Balaban J connectivity index is 2.74. The van der Waals surface area contributed by atoms with Gasteiger partial charge in [-0.2, -0.15) is 0 Å². The average Bonchev–Trinajstić information content (AvgIpc) is 2.25. The van der Waals surface area contributed by atoms with E-state index in [0.29, 0.717) is 20.9 Å². The quantitative estimate of drug-likeness (QED) is 0.714. The molecule has 1 aromatic rings. The van der Waals surface area contributed by atoms with E-state index in [4.69, 9.17) is 5.73 Å². The van der Waals surface area contributed by atoms with Crippen LogP contribution >= 0.6 is 31.9 Å². The van der Waals surface area contributed by atoms with E-state index in [1.54, 1.807) is 6.07 Å². The molecule has 6 heteroatoms. The Labute approximate surface area is 115 Å². The molecule has 0 saturated carbocycles. The predicted octanol–water partition coefficient (Wildman–Crippen LogP) is 2.49. The van der Waals surface area contributed by atoms with Gasteiger partial charge >= 0.3 is 5.97 Å². The third kappa shape index (κ3) is 1.88. The summed E-state index contributed by atoms with van der Waals surface area (Å²) in [6.07, 6.45) is 1.85. The van der Waals surface area contributed by atoms with Crippen LogP contribution in [0.2, 0.25) is 0 Å². The normalized spacial score (nSPS) is 23.2. The summed E-state index contributed by atoms with van der Waals surface area (Å²) >= 11 is 6.47. The van der Waals surface area contributed by atoms with E-state index in [2.05, 4.69) is 31.9 Å². The van der Waals surface area contributed by atoms with Crippen molar-refractivity contribution >= 4 is 37.8 Å². The molecule has 0 spiro atoms. The van der Waals surface area contributed by atoms with Crippen LogP contribution in [0.1, 0.15) is 24.0 Å². The van der Waals surface area contributed by atoms with Crippen LogP contribution in [0.4, 0.5) is 0 Å². The number of benzene rings is 1. The fourth-order valence-electron chi connectivity index (χ4n) is 2.23. The van der Waals surface area contributed by atoms with Crippen LogP contribution < -0.4 is 5.73 Å². The molecular weight excluding hydrogens is 354 g/mol. The summed E-state index contributed by atoms with van der Waals surface area (Å²) in [4.78, 5) is 11.3. The molecule has 1 atom stereocenters. The van der Waals surface area contributed by atoms with Gasteiger partial charge in [-0.25, -0.2) is 4.79 Å². The lowest BCUT2D eigenvalue weighted by Crippen LogP contribution is -2.47. The number of nitrogens with two attached hydrogens (primary N) is 1. The predicted molar refractivity (Wildman–Crippen MR) is 69.9 cm³/mol. The van der Waals surface area contributed by atoms with Gasteiger partial charge in [-0.3, -0.25) is 0 Å². The number of aliphatic carboxylic acids is 1. The first-order valence-corrected chi connectivity index (χ1v) is 6.69. The summed E-state index contributed by atoms with van der Waals surface area (Å²) in [6, 6.07) is 1.74. The number of phenols is 1. The molecule has 0 radical (unpaired) electrons. The van der Waals surface area contributed by atoms with Gasteiger partial charge in [-0.15, -0.1) is 0 Å². The van der Waals surface area contributed by atoms with Gasteiger partial charge in [0.2, 0.25) is 0 Å². The van der Waals surface area contributed by atoms with Crippen molar-refractivity contribution in [1.82, 2.24) is 0 Å². The Bertz CT molecular complexity index is 504. The maximum absolute atomic E-state index is 11.3. The second-order valence-corrected chi connectivity index (χ2v) is 5.83. The number of hydrogen-bond acceptors (Lipinski definition) is 3. The Morgan fingerprint density at radius 1 is 1.47 bits per heavy atom. The smallest absolute Gasteiger partial charge is 0.328 e. The van der Waals surface area contributed by atoms with E-state index in [-0.39, 0.29) is 5.75 Å². The summed E-state index contributed by atoms with van der Waals surface area (Å²) < 4.78 is 0.907. The molecule has 0 saturated heterocycles. The van der Waals surface area contributed by atoms with E-state index in [0.717, 1.165) is 18.4 Å². The fourth-order valence-corrected chi connectivity index (χ4v) is 3.80. The van der Waals surface area contributed by atoms with Crippen LogP contribution in [-0.2, 0) is 16.8 Å². The van der Waals surface area contributed by atoms with Crippen molar-refractivity contribution in [3.63, 3.8) is 0 Å². The average molecular weight is 365 g/mol. The highest BCUT2D eigenvalue weighted by atomic mass is 79.9. The number of phenolic OH excluding ortho intramolecular Hbond substituents is 1. The van der Waals surface area contributed by atoms with Crippen LogP contribution in [0.3, 0.4) is 0 Å². The van der Waals surface area contributed by atoms with Gasteiger partial charge in [0.15, 0.2) is 0 Å². The molecule has 0 fully saturated rings. The molecule has 0 aromatic heterocycles. The van der Waals surface area contributed by atoms with Gasteiger partial charge < -0.3 is 15.9 Å².